The van der Waals surface area contributed by atoms with Gasteiger partial charge in [0.2, 0.25) is 5.91 Å². The van der Waals surface area contributed by atoms with Crippen LogP contribution in [-0.2, 0) is 4.79 Å². The molecule has 0 radical (unpaired) electrons. The van der Waals surface area contributed by atoms with E-state index in [9.17, 15) is 9.18 Å². The molecular formula is C14H21FN2O. The van der Waals surface area contributed by atoms with E-state index in [1.807, 2.05) is 19.9 Å². The first-order valence-electron chi connectivity index (χ1n) is 6.30. The topological polar surface area (TPSA) is 41.1 Å². The van der Waals surface area contributed by atoms with Crippen LogP contribution in [-0.4, -0.2) is 19.0 Å². The highest BCUT2D eigenvalue weighted by Gasteiger charge is 2.09. The van der Waals surface area contributed by atoms with Crippen LogP contribution in [0, 0.1) is 12.7 Å². The number of amides is 1. The van der Waals surface area contributed by atoms with Gasteiger partial charge in [-0.05, 0) is 37.5 Å². The lowest BCUT2D eigenvalue weighted by atomic mass is 10.1. The molecule has 0 fully saturated rings. The summed E-state index contributed by atoms with van der Waals surface area (Å²) in [7, 11) is 0. The highest BCUT2D eigenvalue weighted by molar-refractivity contribution is 5.77. The zero-order valence-electron chi connectivity index (χ0n) is 11.2. The van der Waals surface area contributed by atoms with Crippen molar-refractivity contribution >= 4 is 5.91 Å². The maximum atomic E-state index is 13.4. The second kappa shape index (κ2) is 7.11. The Morgan fingerprint density at radius 1 is 1.44 bits per heavy atom. The minimum Gasteiger partial charge on any atom is -0.355 e. The molecule has 0 aliphatic rings. The average molecular weight is 252 g/mol. The largest absolute Gasteiger partial charge is 0.355 e. The third-order valence-electron chi connectivity index (χ3n) is 2.84. The standard InChI is InChI=1S/C14H21FN2O/c1-4-7-16-14(18)9-17-11(3)12-6-5-10(2)13(15)8-12/h5-6,8,11,17H,4,7,9H2,1-3H3,(H,16,18). The highest BCUT2D eigenvalue weighted by atomic mass is 19.1. The van der Waals surface area contributed by atoms with Crippen molar-refractivity contribution < 1.29 is 9.18 Å². The molecule has 0 heterocycles. The van der Waals surface area contributed by atoms with Crippen molar-refractivity contribution in [3.8, 4) is 0 Å². The zero-order valence-corrected chi connectivity index (χ0v) is 11.2. The number of hydrogen-bond acceptors (Lipinski definition) is 2. The van der Waals surface area contributed by atoms with Crippen molar-refractivity contribution in [2.75, 3.05) is 13.1 Å². The van der Waals surface area contributed by atoms with Crippen molar-refractivity contribution in [3.05, 3.63) is 35.1 Å². The van der Waals surface area contributed by atoms with E-state index in [4.69, 9.17) is 0 Å². The van der Waals surface area contributed by atoms with E-state index in [2.05, 4.69) is 10.6 Å². The molecule has 1 aromatic carbocycles. The molecule has 0 saturated heterocycles. The summed E-state index contributed by atoms with van der Waals surface area (Å²) in [5.74, 6) is -0.243. The van der Waals surface area contributed by atoms with E-state index >= 15 is 0 Å². The SMILES string of the molecule is CCCNC(=O)CNC(C)c1ccc(C)c(F)c1. The molecule has 4 heteroatoms. The van der Waals surface area contributed by atoms with E-state index in [-0.39, 0.29) is 24.3 Å². The zero-order chi connectivity index (χ0) is 13.5. The first-order chi connectivity index (χ1) is 8.54. The van der Waals surface area contributed by atoms with Crippen LogP contribution in [0.3, 0.4) is 0 Å². The van der Waals surface area contributed by atoms with E-state index in [0.717, 1.165) is 12.0 Å². The number of carbonyl (C=O) groups excluding carboxylic acids is 1. The molecule has 0 aromatic heterocycles. The van der Waals surface area contributed by atoms with Crippen molar-refractivity contribution in [2.45, 2.75) is 33.2 Å². The molecule has 1 aromatic rings. The average Bonchev–Trinajstić information content (AvgIpc) is 2.36. The van der Waals surface area contributed by atoms with Crippen LogP contribution in [0.15, 0.2) is 18.2 Å². The van der Waals surface area contributed by atoms with Gasteiger partial charge in [0.25, 0.3) is 0 Å². The van der Waals surface area contributed by atoms with Gasteiger partial charge < -0.3 is 10.6 Å². The Labute approximate surface area is 108 Å². The summed E-state index contributed by atoms with van der Waals surface area (Å²) in [5, 5.41) is 5.86. The van der Waals surface area contributed by atoms with E-state index in [1.165, 1.54) is 6.07 Å². The molecule has 1 unspecified atom stereocenters. The predicted octanol–water partition coefficient (Wildman–Crippen LogP) is 2.31. The fraction of sp³-hybridized carbons (Fsp3) is 0.500. The van der Waals surface area contributed by atoms with Gasteiger partial charge in [-0.15, -0.1) is 0 Å². The minimum absolute atomic E-state index is 0.0312. The van der Waals surface area contributed by atoms with Crippen LogP contribution in [0.1, 0.15) is 37.4 Å². The van der Waals surface area contributed by atoms with Gasteiger partial charge >= 0.3 is 0 Å². The Kier molecular flexibility index (Phi) is 5.78. The lowest BCUT2D eigenvalue weighted by Crippen LogP contribution is -2.35. The summed E-state index contributed by atoms with van der Waals surface area (Å²) >= 11 is 0. The Bertz CT molecular complexity index is 407. The fourth-order valence-corrected chi connectivity index (χ4v) is 1.57. The summed E-state index contributed by atoms with van der Waals surface area (Å²) in [6.07, 6.45) is 0.921. The Morgan fingerprint density at radius 2 is 2.17 bits per heavy atom. The molecule has 1 amide bonds. The smallest absolute Gasteiger partial charge is 0.233 e. The van der Waals surface area contributed by atoms with Crippen LogP contribution in [0.4, 0.5) is 4.39 Å². The van der Waals surface area contributed by atoms with E-state index in [0.29, 0.717) is 12.1 Å². The molecule has 1 atom stereocenters. The second-order valence-corrected chi connectivity index (χ2v) is 4.46. The molecule has 0 spiro atoms. The van der Waals surface area contributed by atoms with Crippen molar-refractivity contribution in [1.29, 1.82) is 0 Å². The van der Waals surface area contributed by atoms with Gasteiger partial charge in [-0.2, -0.15) is 0 Å². The van der Waals surface area contributed by atoms with E-state index < -0.39 is 0 Å². The summed E-state index contributed by atoms with van der Waals surface area (Å²) in [5.41, 5.74) is 1.48. The van der Waals surface area contributed by atoms with Crippen molar-refractivity contribution in [2.24, 2.45) is 0 Å². The quantitative estimate of drug-likeness (QED) is 0.815. The molecule has 0 saturated carbocycles. The van der Waals surface area contributed by atoms with Crippen LogP contribution in [0.25, 0.3) is 0 Å². The molecule has 3 nitrogen and oxygen atoms in total. The molecule has 0 bridgehead atoms. The fourth-order valence-electron chi connectivity index (χ4n) is 1.57. The molecular weight excluding hydrogens is 231 g/mol. The van der Waals surface area contributed by atoms with Crippen LogP contribution in [0.2, 0.25) is 0 Å². The van der Waals surface area contributed by atoms with Crippen LogP contribution < -0.4 is 10.6 Å². The maximum Gasteiger partial charge on any atom is 0.233 e. The Morgan fingerprint density at radius 3 is 2.78 bits per heavy atom. The first-order valence-corrected chi connectivity index (χ1v) is 6.30. The van der Waals surface area contributed by atoms with Crippen LogP contribution >= 0.6 is 0 Å². The van der Waals surface area contributed by atoms with Gasteiger partial charge in [-0.25, -0.2) is 4.39 Å². The first kappa shape index (κ1) is 14.6. The third-order valence-corrected chi connectivity index (χ3v) is 2.84. The number of hydrogen-bond donors (Lipinski definition) is 2. The van der Waals surface area contributed by atoms with Crippen molar-refractivity contribution in [1.82, 2.24) is 10.6 Å². The summed E-state index contributed by atoms with van der Waals surface area (Å²) in [6.45, 7) is 6.59. The normalized spacial score (nSPS) is 12.2. The molecule has 2 N–H and O–H groups in total. The Balaban J connectivity index is 2.47. The third kappa shape index (κ3) is 4.45. The number of rotatable bonds is 6. The van der Waals surface area contributed by atoms with E-state index in [1.54, 1.807) is 13.0 Å². The second-order valence-electron chi connectivity index (χ2n) is 4.46. The Hall–Kier alpha value is -1.42. The van der Waals surface area contributed by atoms with Gasteiger partial charge in [0.1, 0.15) is 5.82 Å². The van der Waals surface area contributed by atoms with Gasteiger partial charge in [0.15, 0.2) is 0 Å². The predicted molar refractivity (Wildman–Crippen MR) is 70.9 cm³/mol. The minimum atomic E-state index is -0.211. The number of halogens is 1. The molecule has 1 rings (SSSR count). The lowest BCUT2D eigenvalue weighted by molar-refractivity contribution is -0.120. The molecule has 0 aliphatic heterocycles. The maximum absolute atomic E-state index is 13.4. The highest BCUT2D eigenvalue weighted by Crippen LogP contribution is 2.15. The summed E-state index contributed by atoms with van der Waals surface area (Å²) < 4.78 is 13.4. The summed E-state index contributed by atoms with van der Waals surface area (Å²) in [6, 6.07) is 5.09. The van der Waals surface area contributed by atoms with Gasteiger partial charge in [-0.3, -0.25) is 4.79 Å². The number of aryl methyl sites for hydroxylation is 1. The summed E-state index contributed by atoms with van der Waals surface area (Å²) in [4.78, 5) is 11.4. The van der Waals surface area contributed by atoms with Crippen molar-refractivity contribution in [3.63, 3.8) is 0 Å². The molecule has 18 heavy (non-hydrogen) atoms. The van der Waals surface area contributed by atoms with Crippen LogP contribution in [0.5, 0.6) is 0 Å². The number of nitrogens with one attached hydrogen (secondary N) is 2. The molecule has 0 aliphatic carbocycles. The monoisotopic (exact) mass is 252 g/mol. The number of carbonyl (C=O) groups is 1. The molecule has 100 valence electrons. The van der Waals surface area contributed by atoms with Gasteiger partial charge in [0, 0.05) is 12.6 Å². The number of benzene rings is 1. The van der Waals surface area contributed by atoms with Gasteiger partial charge in [0.05, 0.1) is 6.54 Å². The van der Waals surface area contributed by atoms with Gasteiger partial charge in [-0.1, -0.05) is 19.1 Å². The lowest BCUT2D eigenvalue weighted by Gasteiger charge is -2.14.